The van der Waals surface area contributed by atoms with E-state index >= 15 is 0 Å². The van der Waals surface area contributed by atoms with E-state index in [1.807, 2.05) is 20.8 Å². The van der Waals surface area contributed by atoms with Gasteiger partial charge in [-0.2, -0.15) is 0 Å². The lowest BCUT2D eigenvalue weighted by atomic mass is 10.0. The fourth-order valence-electron chi connectivity index (χ4n) is 3.30. The summed E-state index contributed by atoms with van der Waals surface area (Å²) in [5, 5.41) is 2.16. The number of carbonyl (C=O) groups excluding carboxylic acids is 2. The van der Waals surface area contributed by atoms with E-state index in [-0.39, 0.29) is 53.3 Å². The number of nitrogens with two attached hydrogens (primary N) is 2. The third-order valence-corrected chi connectivity index (χ3v) is 8.09. The molecule has 15 heteroatoms. The van der Waals surface area contributed by atoms with Crippen LogP contribution in [-0.2, 0) is 4.84 Å². The summed E-state index contributed by atoms with van der Waals surface area (Å²) >= 11 is 6.11. The van der Waals surface area contributed by atoms with E-state index < -0.39 is 5.82 Å². The van der Waals surface area contributed by atoms with E-state index in [1.165, 1.54) is 74.3 Å². The molecule has 0 radical (unpaired) electrons. The summed E-state index contributed by atoms with van der Waals surface area (Å²) in [6.07, 6.45) is 2.81. The molecule has 1 amide bonds. The number of hydrogen-bond acceptors (Lipinski definition) is 11. The molecule has 0 aliphatic heterocycles. The zero-order valence-corrected chi connectivity index (χ0v) is 28.8. The standard InChI is InChI=1S/C14H14FN3OS.C9H14N4O2S.C7H6BrF.CH4/c1-3-20-14-17-7-11(13(16)18-14)12(19)10-6-9(15)5-4-8(10)2;1-4-16-9-11-5-6(7(10)12-9)8(14)13(2)15-3;1-5-2-3-6(9)4-7(5)8;/h4-7H,3H2,1-2H3,(H2,16,17,18);5H,4H2,1-3H3,(H2,10,11,12);2-4H,1H3;1H4. The molecule has 0 bridgehead atoms. The van der Waals surface area contributed by atoms with Gasteiger partial charge < -0.3 is 11.5 Å². The Morgan fingerprint density at radius 3 is 1.76 bits per heavy atom. The molecular formula is C31H38BrF2N7O3S2. The fraction of sp³-hybridized carbons (Fsp3) is 0.290. The highest BCUT2D eigenvalue weighted by Gasteiger charge is 2.18. The summed E-state index contributed by atoms with van der Waals surface area (Å²) in [6.45, 7) is 7.62. The van der Waals surface area contributed by atoms with E-state index in [2.05, 4.69) is 35.9 Å². The lowest BCUT2D eigenvalue weighted by Gasteiger charge is -2.14. The Labute approximate surface area is 285 Å². The van der Waals surface area contributed by atoms with Gasteiger partial charge in [0.25, 0.3) is 5.91 Å². The lowest BCUT2D eigenvalue weighted by molar-refractivity contribution is -0.0756. The number of anilines is 2. The van der Waals surface area contributed by atoms with Crippen LogP contribution in [0.4, 0.5) is 20.4 Å². The van der Waals surface area contributed by atoms with Gasteiger partial charge in [0.15, 0.2) is 16.1 Å². The Morgan fingerprint density at radius 1 is 0.848 bits per heavy atom. The fourth-order valence-corrected chi connectivity index (χ4v) is 4.74. The maximum atomic E-state index is 13.3. The molecule has 0 fully saturated rings. The number of nitrogens with zero attached hydrogens (tertiary/aromatic N) is 5. The molecule has 0 spiro atoms. The molecule has 4 aromatic rings. The largest absolute Gasteiger partial charge is 0.383 e. The zero-order chi connectivity index (χ0) is 33.7. The normalized spacial score (nSPS) is 10.0. The number of hydrogen-bond donors (Lipinski definition) is 2. The molecule has 0 saturated heterocycles. The van der Waals surface area contributed by atoms with Gasteiger partial charge in [-0.15, -0.1) is 0 Å². The number of rotatable bonds is 8. The van der Waals surface area contributed by atoms with Crippen LogP contribution in [0.3, 0.4) is 0 Å². The average molecular weight is 739 g/mol. The van der Waals surface area contributed by atoms with Crippen LogP contribution in [0.2, 0.25) is 0 Å². The molecule has 0 aliphatic rings. The maximum Gasteiger partial charge on any atom is 0.282 e. The van der Waals surface area contributed by atoms with Crippen LogP contribution in [0.15, 0.2) is 63.6 Å². The number of carbonyl (C=O) groups is 2. The molecule has 46 heavy (non-hydrogen) atoms. The number of amides is 1. The van der Waals surface area contributed by atoms with Gasteiger partial charge in [0.1, 0.15) is 28.8 Å². The number of thioether (sulfide) groups is 2. The van der Waals surface area contributed by atoms with Gasteiger partial charge >= 0.3 is 0 Å². The van der Waals surface area contributed by atoms with Crippen molar-refractivity contribution in [2.75, 3.05) is 37.1 Å². The quantitative estimate of drug-likeness (QED) is 0.0819. The molecular weight excluding hydrogens is 700 g/mol. The molecule has 4 N–H and O–H groups in total. The second-order valence-electron chi connectivity index (χ2n) is 8.94. The Kier molecular flexibility index (Phi) is 17.3. The second kappa shape index (κ2) is 19.8. The topological polar surface area (TPSA) is 150 Å². The summed E-state index contributed by atoms with van der Waals surface area (Å²) in [4.78, 5) is 45.1. The monoisotopic (exact) mass is 737 g/mol. The zero-order valence-electron chi connectivity index (χ0n) is 25.6. The van der Waals surface area contributed by atoms with Crippen molar-refractivity contribution in [3.05, 3.63) is 92.7 Å². The molecule has 0 aliphatic carbocycles. The number of nitrogen functional groups attached to an aromatic ring is 2. The van der Waals surface area contributed by atoms with Crippen molar-refractivity contribution in [3.63, 3.8) is 0 Å². The van der Waals surface area contributed by atoms with Crippen molar-refractivity contribution in [2.24, 2.45) is 0 Å². The summed E-state index contributed by atoms with van der Waals surface area (Å²) in [6, 6.07) is 8.70. The van der Waals surface area contributed by atoms with E-state index in [1.54, 1.807) is 19.1 Å². The van der Waals surface area contributed by atoms with E-state index in [0.717, 1.165) is 26.6 Å². The smallest absolute Gasteiger partial charge is 0.282 e. The van der Waals surface area contributed by atoms with Gasteiger partial charge in [0.05, 0.1) is 12.7 Å². The first-order chi connectivity index (χ1) is 21.3. The highest BCUT2D eigenvalue weighted by atomic mass is 79.9. The molecule has 0 unspecified atom stereocenters. The Balaban J connectivity index is 0.000000364. The summed E-state index contributed by atoms with van der Waals surface area (Å²) in [7, 11) is 2.90. The molecule has 2 aromatic heterocycles. The van der Waals surface area contributed by atoms with Gasteiger partial charge in [-0.25, -0.2) is 33.8 Å². The molecule has 248 valence electrons. The van der Waals surface area contributed by atoms with Crippen LogP contribution in [0, 0.1) is 25.5 Å². The molecule has 4 rings (SSSR count). The van der Waals surface area contributed by atoms with Crippen LogP contribution in [-0.4, -0.2) is 62.4 Å². The Bertz CT molecular complexity index is 1630. The maximum absolute atomic E-state index is 13.3. The molecule has 2 aromatic carbocycles. The second-order valence-corrected chi connectivity index (χ2v) is 12.3. The minimum Gasteiger partial charge on any atom is -0.383 e. The van der Waals surface area contributed by atoms with E-state index in [0.29, 0.717) is 15.9 Å². The number of aryl methyl sites for hydroxylation is 2. The number of benzene rings is 2. The van der Waals surface area contributed by atoms with Gasteiger partial charge in [0.2, 0.25) is 0 Å². The number of halogens is 3. The van der Waals surface area contributed by atoms with Gasteiger partial charge in [0, 0.05) is 29.5 Å². The average Bonchev–Trinajstić information content (AvgIpc) is 3.00. The third-order valence-electron chi connectivity index (χ3n) is 5.75. The molecule has 0 atom stereocenters. The molecule has 2 heterocycles. The Morgan fingerprint density at radius 2 is 1.33 bits per heavy atom. The SMILES string of the molecule is C.CCSc1ncc(C(=O)N(C)OC)c(N)n1.CCSc1ncc(C(=O)c2cc(F)ccc2C)c(N)n1.Cc1ccc(F)cc1Br. The van der Waals surface area contributed by atoms with E-state index in [9.17, 15) is 18.4 Å². The van der Waals surface area contributed by atoms with Crippen molar-refractivity contribution >= 4 is 62.8 Å². The predicted octanol–water partition coefficient (Wildman–Crippen LogP) is 7.19. The number of hydroxylamine groups is 2. The van der Waals surface area contributed by atoms with Crippen molar-refractivity contribution in [1.29, 1.82) is 0 Å². The highest BCUT2D eigenvalue weighted by Crippen LogP contribution is 2.21. The Hall–Kier alpha value is -3.66. The van der Waals surface area contributed by atoms with Crippen molar-refractivity contribution in [1.82, 2.24) is 25.0 Å². The van der Waals surface area contributed by atoms with Crippen LogP contribution < -0.4 is 11.5 Å². The molecule has 10 nitrogen and oxygen atoms in total. The minimum atomic E-state index is -0.461. The lowest BCUT2D eigenvalue weighted by Crippen LogP contribution is -2.26. The summed E-state index contributed by atoms with van der Waals surface area (Å²) in [5.41, 5.74) is 13.9. The number of ketones is 1. The van der Waals surface area contributed by atoms with Crippen molar-refractivity contribution in [3.8, 4) is 0 Å². The third kappa shape index (κ3) is 11.9. The first kappa shape index (κ1) is 40.4. The van der Waals surface area contributed by atoms with E-state index in [4.69, 9.17) is 16.3 Å². The predicted molar refractivity (Wildman–Crippen MR) is 185 cm³/mol. The van der Waals surface area contributed by atoms with Gasteiger partial charge in [-0.1, -0.05) is 72.9 Å². The van der Waals surface area contributed by atoms with Gasteiger partial charge in [-0.05, 0) is 60.7 Å². The van der Waals surface area contributed by atoms with Crippen molar-refractivity contribution < 1.29 is 23.2 Å². The van der Waals surface area contributed by atoms with Crippen LogP contribution in [0.5, 0.6) is 0 Å². The van der Waals surface area contributed by atoms with Gasteiger partial charge in [-0.3, -0.25) is 14.4 Å². The molecule has 0 saturated carbocycles. The van der Waals surface area contributed by atoms with Crippen LogP contribution in [0.1, 0.15) is 58.7 Å². The summed E-state index contributed by atoms with van der Waals surface area (Å²) in [5.74, 6) is 0.551. The van der Waals surface area contributed by atoms with Crippen LogP contribution >= 0.6 is 39.5 Å². The highest BCUT2D eigenvalue weighted by molar-refractivity contribution is 9.10. The van der Waals surface area contributed by atoms with Crippen LogP contribution in [0.25, 0.3) is 0 Å². The number of aromatic nitrogens is 4. The first-order valence-corrected chi connectivity index (χ1v) is 16.1. The minimum absolute atomic E-state index is 0. The summed E-state index contributed by atoms with van der Waals surface area (Å²) < 4.78 is 26.4. The first-order valence-electron chi connectivity index (χ1n) is 13.4. The van der Waals surface area contributed by atoms with Crippen molar-refractivity contribution in [2.45, 2.75) is 45.4 Å².